The van der Waals surface area contributed by atoms with Crippen LogP contribution >= 0.6 is 24.2 Å². The Morgan fingerprint density at radius 3 is 3.04 bits per heavy atom. The van der Waals surface area contributed by atoms with Crippen LogP contribution in [-0.2, 0) is 4.79 Å². The van der Waals surface area contributed by atoms with Crippen LogP contribution in [0.1, 0.15) is 46.0 Å². The molecule has 3 nitrogen and oxygen atoms in total. The van der Waals surface area contributed by atoms with Crippen molar-refractivity contribution in [3.8, 4) is 0 Å². The van der Waals surface area contributed by atoms with Gasteiger partial charge in [-0.1, -0.05) is 51.3 Å². The van der Waals surface area contributed by atoms with E-state index in [4.69, 9.17) is 4.99 Å². The number of hydrogen-bond donors (Lipinski definition) is 1. The predicted molar refractivity (Wildman–Crippen MR) is 111 cm³/mol. The van der Waals surface area contributed by atoms with Gasteiger partial charge in [-0.25, -0.2) is 0 Å². The Hall–Kier alpha value is -0.740. The van der Waals surface area contributed by atoms with Gasteiger partial charge >= 0.3 is 0 Å². The zero-order valence-corrected chi connectivity index (χ0v) is 17.0. The fraction of sp³-hybridized carbons (Fsp3) is 0.700. The molecule has 0 aromatic carbocycles. The van der Waals surface area contributed by atoms with Crippen LogP contribution in [0, 0.1) is 17.8 Å². The van der Waals surface area contributed by atoms with Crippen LogP contribution in [0.4, 0.5) is 0 Å². The number of nitrogens with zero attached hydrogens (tertiary/aromatic N) is 1. The first-order chi connectivity index (χ1) is 11.7. The lowest BCUT2D eigenvalue weighted by Gasteiger charge is -2.38. The minimum atomic E-state index is -0.0403. The third-order valence-corrected chi connectivity index (χ3v) is 7.47. The topological polar surface area (TPSA) is 41.5 Å². The smallest absolute Gasteiger partial charge is 0.224 e. The molecule has 3 aliphatic rings. The standard InChI is InChI=1S/C20H30N2OS.ClH/c1-3-5-8-15(4-2)13-22-19(23)16-14-24-20-11-7-6-9-18(20)21-12-10-17(16)20;/h6-7,9,11,15-17H,3-5,8,10,12-14H2,1-2H3,(H,22,23);1H. The molecule has 0 aromatic heterocycles. The molecule has 5 heteroatoms. The first-order valence-electron chi connectivity index (χ1n) is 9.53. The number of carbonyl (C=O) groups is 1. The summed E-state index contributed by atoms with van der Waals surface area (Å²) >= 11 is 1.92. The van der Waals surface area contributed by atoms with E-state index in [9.17, 15) is 4.79 Å². The number of allylic oxidation sites excluding steroid dienone is 3. The molecular weight excluding hydrogens is 352 g/mol. The molecule has 2 aliphatic heterocycles. The fourth-order valence-corrected chi connectivity index (χ4v) is 6.03. The Labute approximate surface area is 162 Å². The van der Waals surface area contributed by atoms with Crippen LogP contribution < -0.4 is 5.32 Å². The molecule has 1 aliphatic carbocycles. The fourth-order valence-electron chi connectivity index (χ4n) is 4.24. The summed E-state index contributed by atoms with van der Waals surface area (Å²) in [7, 11) is 0. The molecule has 25 heavy (non-hydrogen) atoms. The normalized spacial score (nSPS) is 30.7. The van der Waals surface area contributed by atoms with Gasteiger partial charge in [0.15, 0.2) is 0 Å². The SMILES string of the molecule is CCCCC(CC)CNC(=O)C1CSC23C=CC=CC2=NCCC13.Cl. The van der Waals surface area contributed by atoms with Gasteiger partial charge in [-0.15, -0.1) is 24.2 Å². The molecule has 0 bridgehead atoms. The van der Waals surface area contributed by atoms with Crippen molar-refractivity contribution in [1.82, 2.24) is 5.32 Å². The number of rotatable bonds is 7. The number of aliphatic imine (C=N–C) groups is 1. The highest BCUT2D eigenvalue weighted by Gasteiger charge is 2.53. The molecule has 1 spiro atoms. The van der Waals surface area contributed by atoms with Crippen LogP contribution in [0.25, 0.3) is 0 Å². The summed E-state index contributed by atoms with van der Waals surface area (Å²) in [6, 6.07) is 0. The summed E-state index contributed by atoms with van der Waals surface area (Å²) in [5, 5.41) is 3.28. The zero-order valence-electron chi connectivity index (χ0n) is 15.4. The van der Waals surface area contributed by atoms with Crippen molar-refractivity contribution in [2.45, 2.75) is 50.7 Å². The Morgan fingerprint density at radius 1 is 1.44 bits per heavy atom. The van der Waals surface area contributed by atoms with Crippen molar-refractivity contribution in [2.24, 2.45) is 22.7 Å². The number of hydrogen-bond acceptors (Lipinski definition) is 3. The molecule has 1 amide bonds. The highest BCUT2D eigenvalue weighted by atomic mass is 35.5. The molecular formula is C20H31ClN2OS. The molecule has 1 saturated heterocycles. The molecule has 1 N–H and O–H groups in total. The number of halogens is 1. The third-order valence-electron chi connectivity index (χ3n) is 5.81. The Balaban J connectivity index is 0.00000225. The maximum absolute atomic E-state index is 12.9. The molecule has 0 aromatic rings. The summed E-state index contributed by atoms with van der Waals surface area (Å²) in [4.78, 5) is 17.6. The van der Waals surface area contributed by atoms with Crippen LogP contribution in [-0.4, -0.2) is 35.2 Å². The van der Waals surface area contributed by atoms with Gasteiger partial charge in [-0.05, 0) is 30.8 Å². The molecule has 0 radical (unpaired) electrons. The molecule has 3 rings (SSSR count). The highest BCUT2D eigenvalue weighted by molar-refractivity contribution is 8.02. The number of nitrogens with one attached hydrogen (secondary N) is 1. The van der Waals surface area contributed by atoms with Gasteiger partial charge in [0.1, 0.15) is 0 Å². The van der Waals surface area contributed by atoms with Crippen LogP contribution in [0.3, 0.4) is 0 Å². The Bertz CT molecular complexity index is 560. The molecule has 4 unspecified atom stereocenters. The largest absolute Gasteiger partial charge is 0.356 e. The summed E-state index contributed by atoms with van der Waals surface area (Å²) in [5.74, 6) is 2.33. The summed E-state index contributed by atoms with van der Waals surface area (Å²) in [5.41, 5.74) is 1.18. The van der Waals surface area contributed by atoms with Crippen molar-refractivity contribution in [1.29, 1.82) is 0 Å². The summed E-state index contributed by atoms with van der Waals surface area (Å²) in [6.07, 6.45) is 14.5. The van der Waals surface area contributed by atoms with E-state index in [-0.39, 0.29) is 29.0 Å². The van der Waals surface area contributed by atoms with E-state index in [2.05, 4.69) is 43.5 Å². The molecule has 0 saturated carbocycles. The second-order valence-electron chi connectivity index (χ2n) is 7.25. The van der Waals surface area contributed by atoms with Crippen LogP contribution in [0.2, 0.25) is 0 Å². The number of unbranched alkanes of at least 4 members (excludes halogenated alkanes) is 1. The van der Waals surface area contributed by atoms with E-state index in [1.54, 1.807) is 0 Å². The Kier molecular flexibility index (Phi) is 7.63. The number of carbonyl (C=O) groups excluding carboxylic acids is 1. The maximum atomic E-state index is 12.9. The van der Waals surface area contributed by atoms with Gasteiger partial charge in [0.05, 0.1) is 16.4 Å². The van der Waals surface area contributed by atoms with E-state index in [1.165, 1.54) is 25.0 Å². The van der Waals surface area contributed by atoms with E-state index in [0.29, 0.717) is 11.8 Å². The van der Waals surface area contributed by atoms with Gasteiger partial charge in [0, 0.05) is 18.8 Å². The first-order valence-corrected chi connectivity index (χ1v) is 10.5. The third kappa shape index (κ3) is 4.16. The van der Waals surface area contributed by atoms with Crippen LogP contribution in [0.5, 0.6) is 0 Å². The minimum absolute atomic E-state index is 0. The summed E-state index contributed by atoms with van der Waals surface area (Å²) < 4.78 is -0.0403. The van der Waals surface area contributed by atoms with Crippen molar-refractivity contribution in [3.63, 3.8) is 0 Å². The average Bonchev–Trinajstić information content (AvgIpc) is 2.99. The molecule has 1 fully saturated rings. The highest BCUT2D eigenvalue weighted by Crippen LogP contribution is 2.52. The number of amides is 1. The van der Waals surface area contributed by atoms with E-state index < -0.39 is 0 Å². The Morgan fingerprint density at radius 2 is 2.28 bits per heavy atom. The summed E-state index contributed by atoms with van der Waals surface area (Å²) in [6.45, 7) is 6.16. The second kappa shape index (κ2) is 9.27. The number of thioether (sulfide) groups is 1. The van der Waals surface area contributed by atoms with Gasteiger partial charge in [-0.3, -0.25) is 9.79 Å². The minimum Gasteiger partial charge on any atom is -0.356 e. The maximum Gasteiger partial charge on any atom is 0.224 e. The van der Waals surface area contributed by atoms with Crippen molar-refractivity contribution < 1.29 is 4.79 Å². The monoisotopic (exact) mass is 382 g/mol. The average molecular weight is 383 g/mol. The molecule has 2 heterocycles. The van der Waals surface area contributed by atoms with E-state index >= 15 is 0 Å². The van der Waals surface area contributed by atoms with Crippen molar-refractivity contribution in [3.05, 3.63) is 24.3 Å². The van der Waals surface area contributed by atoms with Gasteiger partial charge in [-0.2, -0.15) is 0 Å². The first kappa shape index (κ1) is 20.6. The van der Waals surface area contributed by atoms with Crippen molar-refractivity contribution in [2.75, 3.05) is 18.8 Å². The molecule has 4 atom stereocenters. The van der Waals surface area contributed by atoms with Crippen molar-refractivity contribution >= 4 is 35.8 Å². The predicted octanol–water partition coefficient (Wildman–Crippen LogP) is 4.43. The van der Waals surface area contributed by atoms with E-state index in [0.717, 1.165) is 31.7 Å². The van der Waals surface area contributed by atoms with E-state index in [1.807, 2.05) is 11.8 Å². The molecule has 140 valence electrons. The quantitative estimate of drug-likeness (QED) is 0.707. The lowest BCUT2D eigenvalue weighted by Crippen LogP contribution is -2.46. The second-order valence-corrected chi connectivity index (χ2v) is 8.55. The lowest BCUT2D eigenvalue weighted by molar-refractivity contribution is -0.126. The zero-order chi connectivity index (χ0) is 17.0. The van der Waals surface area contributed by atoms with Gasteiger partial charge in [0.2, 0.25) is 5.91 Å². The van der Waals surface area contributed by atoms with Gasteiger partial charge < -0.3 is 5.32 Å². The van der Waals surface area contributed by atoms with Gasteiger partial charge in [0.25, 0.3) is 0 Å². The van der Waals surface area contributed by atoms with Crippen LogP contribution in [0.15, 0.2) is 29.3 Å². The lowest BCUT2D eigenvalue weighted by atomic mass is 9.74.